The number of hydrogen-bond donors (Lipinski definition) is 6. The van der Waals surface area contributed by atoms with Crippen molar-refractivity contribution in [2.75, 3.05) is 19.8 Å². The van der Waals surface area contributed by atoms with Gasteiger partial charge in [-0.3, -0.25) is 43.5 Å². The summed E-state index contributed by atoms with van der Waals surface area (Å²) in [7, 11) is 0. The zero-order valence-corrected chi connectivity index (χ0v) is 32.4. The van der Waals surface area contributed by atoms with Crippen molar-refractivity contribution in [2.24, 2.45) is 9.98 Å². The molecular weight excluding hydrogens is 765 g/mol. The highest BCUT2D eigenvalue weighted by Gasteiger charge is 2.38. The van der Waals surface area contributed by atoms with Gasteiger partial charge in [-0.2, -0.15) is 0 Å². The first-order valence-corrected chi connectivity index (χ1v) is 20.1. The van der Waals surface area contributed by atoms with Gasteiger partial charge < -0.3 is 31.5 Å². The van der Waals surface area contributed by atoms with Crippen molar-refractivity contribution in [1.29, 1.82) is 0 Å². The van der Waals surface area contributed by atoms with Gasteiger partial charge in [-0.15, -0.1) is 22.7 Å². The van der Waals surface area contributed by atoms with E-state index in [-0.39, 0.29) is 85.7 Å². The third-order valence-electron chi connectivity index (χ3n) is 9.87. The molecule has 4 amide bonds. The molecule has 4 aliphatic heterocycles. The smallest absolute Gasteiger partial charge is 0.263 e. The number of ketones is 3. The van der Waals surface area contributed by atoms with Crippen LogP contribution in [0.5, 0.6) is 0 Å². The van der Waals surface area contributed by atoms with Crippen molar-refractivity contribution in [2.45, 2.75) is 95.9 Å². The summed E-state index contributed by atoms with van der Waals surface area (Å²) in [6.45, 7) is 3.03. The molecule has 4 atom stereocenters. The summed E-state index contributed by atoms with van der Waals surface area (Å²) in [5, 5.41) is 32.8. The Labute approximate surface area is 329 Å². The van der Waals surface area contributed by atoms with Gasteiger partial charge in [0.05, 0.1) is 49.2 Å². The van der Waals surface area contributed by atoms with E-state index in [2.05, 4.69) is 41.2 Å². The van der Waals surface area contributed by atoms with Gasteiger partial charge in [-0.1, -0.05) is 0 Å². The lowest BCUT2D eigenvalue weighted by Gasteiger charge is -2.14. The second-order valence-corrected chi connectivity index (χ2v) is 15.8. The van der Waals surface area contributed by atoms with Crippen molar-refractivity contribution in [3.05, 3.63) is 54.5 Å². The number of amides is 4. The highest BCUT2D eigenvalue weighted by Crippen LogP contribution is 2.30. The summed E-state index contributed by atoms with van der Waals surface area (Å²) >= 11 is 1.86. The minimum Gasteiger partial charge on any atom is -0.396 e. The van der Waals surface area contributed by atoms with E-state index in [4.69, 9.17) is 0 Å². The third-order valence-corrected chi connectivity index (χ3v) is 11.6. The summed E-state index contributed by atoms with van der Waals surface area (Å²) in [4.78, 5) is 108. The molecule has 0 bridgehead atoms. The first-order chi connectivity index (χ1) is 26.9. The molecule has 56 heavy (non-hydrogen) atoms. The molecule has 2 unspecified atom stereocenters. The number of aliphatic imine (C=N–C) groups is 2. The van der Waals surface area contributed by atoms with E-state index in [0.29, 0.717) is 51.6 Å². The van der Waals surface area contributed by atoms with Crippen LogP contribution < -0.4 is 21.3 Å². The first-order valence-electron chi connectivity index (χ1n) is 18.4. The monoisotopic (exact) mass is 806 g/mol. The molecule has 19 heteroatoms. The molecular formula is C37H42N8O9S2. The molecule has 4 aliphatic rings. The van der Waals surface area contributed by atoms with Crippen molar-refractivity contribution in [1.82, 2.24) is 31.2 Å². The second kappa shape index (κ2) is 17.8. The van der Waals surface area contributed by atoms with E-state index < -0.39 is 47.8 Å². The molecule has 0 spiro atoms. The van der Waals surface area contributed by atoms with Gasteiger partial charge in [0.1, 0.15) is 16.4 Å². The number of thiazole rings is 2. The van der Waals surface area contributed by atoms with Crippen LogP contribution in [0.15, 0.2) is 43.0 Å². The van der Waals surface area contributed by atoms with E-state index in [1.807, 2.05) is 13.8 Å². The van der Waals surface area contributed by atoms with Gasteiger partial charge >= 0.3 is 0 Å². The number of carbonyl (C=O) groups is 7. The Morgan fingerprint density at radius 1 is 0.750 bits per heavy atom. The van der Waals surface area contributed by atoms with Gasteiger partial charge in [0, 0.05) is 47.5 Å². The molecule has 0 saturated carbocycles. The fourth-order valence-corrected chi connectivity index (χ4v) is 8.55. The largest absolute Gasteiger partial charge is 0.396 e. The maximum Gasteiger partial charge on any atom is 0.263 e. The average Bonchev–Trinajstić information content (AvgIpc) is 4.03. The van der Waals surface area contributed by atoms with E-state index >= 15 is 0 Å². The number of carbonyl (C=O) groups excluding carboxylic acids is 7. The number of hydrogen-bond acceptors (Lipinski definition) is 15. The van der Waals surface area contributed by atoms with Crippen molar-refractivity contribution < 1.29 is 43.8 Å². The number of nitrogens with zero attached hydrogens (tertiary/aromatic N) is 4. The predicted molar refractivity (Wildman–Crippen MR) is 205 cm³/mol. The maximum atomic E-state index is 13.0. The highest BCUT2D eigenvalue weighted by atomic mass is 32.1. The Bertz CT molecular complexity index is 2100. The van der Waals surface area contributed by atoms with Gasteiger partial charge in [0.25, 0.3) is 23.4 Å². The lowest BCUT2D eigenvalue weighted by Crippen LogP contribution is -2.33. The van der Waals surface area contributed by atoms with Crippen LogP contribution in [0.3, 0.4) is 0 Å². The lowest BCUT2D eigenvalue weighted by atomic mass is 9.95. The Hall–Kier alpha value is -5.11. The minimum atomic E-state index is -0.979. The molecule has 0 saturated heterocycles. The van der Waals surface area contributed by atoms with Crippen LogP contribution >= 0.6 is 22.7 Å². The predicted octanol–water partition coefficient (Wildman–Crippen LogP) is 0.962. The van der Waals surface area contributed by atoms with Gasteiger partial charge in [0.2, 0.25) is 17.6 Å². The number of nitrogens with one attached hydrogen (secondary N) is 4. The van der Waals surface area contributed by atoms with Crippen LogP contribution in [0.1, 0.15) is 101 Å². The minimum absolute atomic E-state index is 0.0410. The Balaban J connectivity index is 1.02. The molecule has 296 valence electrons. The number of rotatable bonds is 18. The zero-order chi connectivity index (χ0) is 40.1. The van der Waals surface area contributed by atoms with Crippen molar-refractivity contribution in [3.63, 3.8) is 0 Å². The van der Waals surface area contributed by atoms with E-state index in [1.54, 1.807) is 0 Å². The normalized spacial score (nSPS) is 21.9. The summed E-state index contributed by atoms with van der Waals surface area (Å²) in [6.07, 6.45) is 3.00. The average molecular weight is 807 g/mol. The molecule has 0 aliphatic carbocycles. The molecule has 0 aromatic carbocycles. The number of aromatic nitrogens is 2. The SMILES string of the molecule is C[C@H]1CCC(C2=C(CC(=O)NCC(=O)c3csc(C(=O)C(=O)c4csc(CNC(=O)CC5=C(C6=N[C@@H](C)CC6)C(=O)NC5CCO)n4)n3)C(CCO)NC2=O)=N1. The fraction of sp³-hybridized carbons (Fsp3) is 0.486. The van der Waals surface area contributed by atoms with Crippen LogP contribution in [0, 0.1) is 0 Å². The molecule has 6 N–H and O–H groups in total. The van der Waals surface area contributed by atoms with Crippen LogP contribution in [0.4, 0.5) is 0 Å². The van der Waals surface area contributed by atoms with Crippen LogP contribution in [-0.4, -0.2) is 117 Å². The first kappa shape index (κ1) is 40.6. The van der Waals surface area contributed by atoms with Crippen molar-refractivity contribution in [3.8, 4) is 0 Å². The molecule has 17 nitrogen and oxygen atoms in total. The number of Topliss-reactive ketones (excluding diaryl/α,β-unsaturated/α-hetero) is 3. The molecule has 0 radical (unpaired) electrons. The second-order valence-electron chi connectivity index (χ2n) is 14.0. The van der Waals surface area contributed by atoms with Gasteiger partial charge in [-0.25, -0.2) is 9.97 Å². The van der Waals surface area contributed by atoms with Gasteiger partial charge in [-0.05, 0) is 63.5 Å². The number of aliphatic hydroxyl groups is 2. The highest BCUT2D eigenvalue weighted by molar-refractivity contribution is 7.13. The zero-order valence-electron chi connectivity index (χ0n) is 30.8. The number of aliphatic hydroxyl groups excluding tert-OH is 2. The maximum absolute atomic E-state index is 13.0. The van der Waals surface area contributed by atoms with E-state index in [1.165, 1.54) is 10.8 Å². The van der Waals surface area contributed by atoms with Crippen molar-refractivity contribution >= 4 is 75.1 Å². The Morgan fingerprint density at radius 3 is 1.80 bits per heavy atom. The van der Waals surface area contributed by atoms with E-state index in [0.717, 1.165) is 35.5 Å². The quantitative estimate of drug-likeness (QED) is 0.0914. The lowest BCUT2D eigenvalue weighted by molar-refractivity contribution is -0.121. The Kier molecular flexibility index (Phi) is 12.9. The third kappa shape index (κ3) is 9.12. The molecule has 2 aromatic rings. The topological polar surface area (TPSA) is 259 Å². The summed E-state index contributed by atoms with van der Waals surface area (Å²) in [5.41, 5.74) is 2.86. The Morgan fingerprint density at radius 2 is 1.29 bits per heavy atom. The summed E-state index contributed by atoms with van der Waals surface area (Å²) in [5.74, 6) is -4.11. The fourth-order valence-electron chi connectivity index (χ4n) is 7.07. The van der Waals surface area contributed by atoms with E-state index in [9.17, 15) is 43.8 Å². The summed E-state index contributed by atoms with van der Waals surface area (Å²) < 4.78 is 0. The molecule has 0 fully saturated rings. The van der Waals surface area contributed by atoms with Crippen LogP contribution in [0.25, 0.3) is 0 Å². The van der Waals surface area contributed by atoms with Crippen LogP contribution in [0.2, 0.25) is 0 Å². The standard InChI is InChI=1S/C37H42N8O9S2/c1-17-3-5-23(40-17)31-19(21(7-9-46)43-35(31)53)11-28(49)38-13-27(48)25-15-56-37(45-25)34(52)33(51)26-16-55-30(42-26)14-39-29(50)12-20-22(8-10-47)44-36(54)32(20)24-6-4-18(2)41-24/h15-18,21-22,46-47H,3-14H2,1-2H3,(H,38,49)(H,39,50)(H,43,53)(H,44,54)/t17-,18-,21?,22?/m0/s1. The summed E-state index contributed by atoms with van der Waals surface area (Å²) in [6, 6.07) is -0.897. The molecule has 6 heterocycles. The molecule has 2 aromatic heterocycles. The molecule has 6 rings (SSSR count). The van der Waals surface area contributed by atoms with Crippen LogP contribution in [-0.2, 0) is 25.7 Å². The van der Waals surface area contributed by atoms with Gasteiger partial charge in [0.15, 0.2) is 5.01 Å².